The zero-order valence-electron chi connectivity index (χ0n) is 9.17. The molecule has 0 aromatic carbocycles. The van der Waals surface area contributed by atoms with Crippen molar-refractivity contribution in [2.45, 2.75) is 33.1 Å². The van der Waals surface area contributed by atoms with Crippen molar-refractivity contribution in [3.05, 3.63) is 12.2 Å². The molecule has 0 fully saturated rings. The predicted octanol–water partition coefficient (Wildman–Crippen LogP) is 2.31. The SMILES string of the molecule is C=C(C)C(=O)OCCOCCCCC. The van der Waals surface area contributed by atoms with Crippen LogP contribution in [-0.4, -0.2) is 25.8 Å². The lowest BCUT2D eigenvalue weighted by Gasteiger charge is -2.05. The summed E-state index contributed by atoms with van der Waals surface area (Å²) in [7, 11) is 0. The molecule has 0 spiro atoms. The Bertz CT molecular complexity index is 175. The third-order valence-corrected chi connectivity index (χ3v) is 1.70. The van der Waals surface area contributed by atoms with Crippen molar-refractivity contribution in [2.75, 3.05) is 19.8 Å². The van der Waals surface area contributed by atoms with Gasteiger partial charge in [-0.05, 0) is 13.3 Å². The maximum absolute atomic E-state index is 10.9. The maximum Gasteiger partial charge on any atom is 0.333 e. The molecule has 0 saturated carbocycles. The van der Waals surface area contributed by atoms with E-state index in [1.807, 2.05) is 0 Å². The fourth-order valence-electron chi connectivity index (χ4n) is 0.873. The number of hydrogen-bond acceptors (Lipinski definition) is 3. The van der Waals surface area contributed by atoms with Gasteiger partial charge in [-0.1, -0.05) is 26.3 Å². The highest BCUT2D eigenvalue weighted by atomic mass is 16.6. The first-order chi connectivity index (χ1) is 6.68. The average molecular weight is 200 g/mol. The summed E-state index contributed by atoms with van der Waals surface area (Å²) in [6.07, 6.45) is 3.45. The number of ether oxygens (including phenoxy) is 2. The summed E-state index contributed by atoms with van der Waals surface area (Å²) in [6.45, 7) is 8.80. The van der Waals surface area contributed by atoms with Gasteiger partial charge in [-0.3, -0.25) is 0 Å². The Hall–Kier alpha value is -0.830. The first-order valence-corrected chi connectivity index (χ1v) is 5.08. The van der Waals surface area contributed by atoms with Crippen molar-refractivity contribution in [1.29, 1.82) is 0 Å². The molecule has 0 unspecified atom stereocenters. The molecule has 0 N–H and O–H groups in total. The van der Waals surface area contributed by atoms with Crippen molar-refractivity contribution in [1.82, 2.24) is 0 Å². The van der Waals surface area contributed by atoms with Crippen LogP contribution < -0.4 is 0 Å². The van der Waals surface area contributed by atoms with Gasteiger partial charge in [-0.15, -0.1) is 0 Å². The fourth-order valence-corrected chi connectivity index (χ4v) is 0.873. The van der Waals surface area contributed by atoms with Gasteiger partial charge in [-0.25, -0.2) is 4.79 Å². The van der Waals surface area contributed by atoms with Crippen LogP contribution in [0.2, 0.25) is 0 Å². The van der Waals surface area contributed by atoms with Crippen LogP contribution in [0.3, 0.4) is 0 Å². The molecule has 14 heavy (non-hydrogen) atoms. The lowest BCUT2D eigenvalue weighted by atomic mass is 10.3. The first-order valence-electron chi connectivity index (χ1n) is 5.08. The van der Waals surface area contributed by atoms with Crippen molar-refractivity contribution in [3.8, 4) is 0 Å². The molecule has 0 radical (unpaired) electrons. The zero-order chi connectivity index (χ0) is 10.8. The quantitative estimate of drug-likeness (QED) is 0.342. The van der Waals surface area contributed by atoms with Crippen LogP contribution in [0.5, 0.6) is 0 Å². The molecule has 3 heteroatoms. The second kappa shape index (κ2) is 8.75. The van der Waals surface area contributed by atoms with E-state index in [2.05, 4.69) is 13.5 Å². The Kier molecular flexibility index (Phi) is 8.24. The molecule has 3 nitrogen and oxygen atoms in total. The number of hydrogen-bond donors (Lipinski definition) is 0. The van der Waals surface area contributed by atoms with Crippen LogP contribution in [0.15, 0.2) is 12.2 Å². The lowest BCUT2D eigenvalue weighted by molar-refractivity contribution is -0.140. The Labute approximate surface area is 86.1 Å². The molecule has 0 aromatic rings. The highest BCUT2D eigenvalue weighted by Crippen LogP contribution is 1.95. The van der Waals surface area contributed by atoms with Gasteiger partial charge < -0.3 is 9.47 Å². The molecule has 0 heterocycles. The smallest absolute Gasteiger partial charge is 0.333 e. The largest absolute Gasteiger partial charge is 0.460 e. The van der Waals surface area contributed by atoms with Crippen LogP contribution in [0, 0.1) is 0 Å². The summed E-state index contributed by atoms with van der Waals surface area (Å²) >= 11 is 0. The second-order valence-corrected chi connectivity index (χ2v) is 3.24. The number of rotatable bonds is 8. The lowest BCUT2D eigenvalue weighted by Crippen LogP contribution is -2.11. The Morgan fingerprint density at radius 2 is 1.93 bits per heavy atom. The molecule has 0 aliphatic heterocycles. The van der Waals surface area contributed by atoms with E-state index in [-0.39, 0.29) is 5.97 Å². The summed E-state index contributed by atoms with van der Waals surface area (Å²) < 4.78 is 10.1. The van der Waals surface area contributed by atoms with Crippen LogP contribution >= 0.6 is 0 Å². The maximum atomic E-state index is 10.9. The topological polar surface area (TPSA) is 35.5 Å². The van der Waals surface area contributed by atoms with E-state index in [4.69, 9.17) is 9.47 Å². The molecule has 0 aromatic heterocycles. The summed E-state index contributed by atoms with van der Waals surface area (Å²) in [4.78, 5) is 10.9. The van der Waals surface area contributed by atoms with Gasteiger partial charge in [0.25, 0.3) is 0 Å². The van der Waals surface area contributed by atoms with Crippen molar-refractivity contribution in [2.24, 2.45) is 0 Å². The van der Waals surface area contributed by atoms with Crippen molar-refractivity contribution in [3.63, 3.8) is 0 Å². The van der Waals surface area contributed by atoms with Gasteiger partial charge >= 0.3 is 5.97 Å². The van der Waals surface area contributed by atoms with Crippen molar-refractivity contribution < 1.29 is 14.3 Å². The summed E-state index contributed by atoms with van der Waals surface area (Å²) in [5.74, 6) is -0.345. The summed E-state index contributed by atoms with van der Waals surface area (Å²) in [6, 6.07) is 0. The number of carbonyl (C=O) groups excluding carboxylic acids is 1. The Balaban J connectivity index is 3.13. The van der Waals surface area contributed by atoms with Crippen LogP contribution in [0.25, 0.3) is 0 Å². The van der Waals surface area contributed by atoms with Crippen LogP contribution in [-0.2, 0) is 14.3 Å². The molecule has 0 aliphatic carbocycles. The second-order valence-electron chi connectivity index (χ2n) is 3.24. The average Bonchev–Trinajstić information content (AvgIpc) is 2.16. The first kappa shape index (κ1) is 13.2. The molecule has 82 valence electrons. The minimum atomic E-state index is -0.345. The molecule has 0 saturated heterocycles. The minimum absolute atomic E-state index is 0.317. The molecule has 0 atom stereocenters. The molecular weight excluding hydrogens is 180 g/mol. The van der Waals surface area contributed by atoms with Gasteiger partial charge in [0.2, 0.25) is 0 Å². The van der Waals surface area contributed by atoms with Crippen LogP contribution in [0.4, 0.5) is 0 Å². The molecule has 0 amide bonds. The van der Waals surface area contributed by atoms with E-state index in [1.165, 1.54) is 12.8 Å². The molecule has 0 aliphatic rings. The zero-order valence-corrected chi connectivity index (χ0v) is 9.17. The van der Waals surface area contributed by atoms with E-state index in [9.17, 15) is 4.79 Å². The minimum Gasteiger partial charge on any atom is -0.460 e. The third kappa shape index (κ3) is 7.80. The number of unbranched alkanes of at least 4 members (excludes halogenated alkanes) is 2. The van der Waals surface area contributed by atoms with E-state index < -0.39 is 0 Å². The Morgan fingerprint density at radius 1 is 1.21 bits per heavy atom. The van der Waals surface area contributed by atoms with Gasteiger partial charge in [0.1, 0.15) is 6.61 Å². The molecule has 0 rings (SSSR count). The van der Waals surface area contributed by atoms with Crippen molar-refractivity contribution >= 4 is 5.97 Å². The summed E-state index contributed by atoms with van der Waals surface area (Å²) in [5.41, 5.74) is 0.427. The monoisotopic (exact) mass is 200 g/mol. The standard InChI is InChI=1S/C11H20O3/c1-4-5-6-7-13-8-9-14-11(12)10(2)3/h2,4-9H2,1,3H3. The predicted molar refractivity (Wildman–Crippen MR) is 56.1 cm³/mol. The van der Waals surface area contributed by atoms with Gasteiger partial charge in [0.15, 0.2) is 0 Å². The number of esters is 1. The normalized spacial score (nSPS) is 9.86. The van der Waals surface area contributed by atoms with Gasteiger partial charge in [0, 0.05) is 12.2 Å². The highest BCUT2D eigenvalue weighted by Gasteiger charge is 2.01. The Morgan fingerprint density at radius 3 is 2.50 bits per heavy atom. The highest BCUT2D eigenvalue weighted by molar-refractivity contribution is 5.86. The molecule has 0 bridgehead atoms. The van der Waals surface area contributed by atoms with E-state index >= 15 is 0 Å². The van der Waals surface area contributed by atoms with E-state index in [0.29, 0.717) is 18.8 Å². The summed E-state index contributed by atoms with van der Waals surface area (Å²) in [5, 5.41) is 0. The fraction of sp³-hybridized carbons (Fsp3) is 0.727. The van der Waals surface area contributed by atoms with Gasteiger partial charge in [-0.2, -0.15) is 0 Å². The van der Waals surface area contributed by atoms with Crippen LogP contribution in [0.1, 0.15) is 33.1 Å². The third-order valence-electron chi connectivity index (χ3n) is 1.70. The van der Waals surface area contributed by atoms with E-state index in [1.54, 1.807) is 6.92 Å². The molecular formula is C11H20O3. The number of carbonyl (C=O) groups is 1. The van der Waals surface area contributed by atoms with E-state index in [0.717, 1.165) is 13.0 Å². The van der Waals surface area contributed by atoms with Gasteiger partial charge in [0.05, 0.1) is 6.61 Å².